The van der Waals surface area contributed by atoms with Crippen LogP contribution in [-0.2, 0) is 0 Å². The fraction of sp³-hybridized carbons (Fsp3) is 0.417. The summed E-state index contributed by atoms with van der Waals surface area (Å²) in [6.45, 7) is 4.96. The Labute approximate surface area is 89.7 Å². The molecule has 1 saturated heterocycles. The highest BCUT2D eigenvalue weighted by molar-refractivity contribution is 5.34. The van der Waals surface area contributed by atoms with Crippen LogP contribution in [0.25, 0.3) is 0 Å². The molecule has 78 valence electrons. The lowest BCUT2D eigenvalue weighted by Gasteiger charge is -2.38. The minimum atomic E-state index is 0.272. The first-order chi connectivity index (χ1) is 7.22. The van der Waals surface area contributed by atoms with Gasteiger partial charge < -0.3 is 10.1 Å². The minimum Gasteiger partial charge on any atom is -0.493 e. The monoisotopic (exact) mass is 202 g/mol. The highest BCUT2D eigenvalue weighted by Gasteiger charge is 2.32. The van der Waals surface area contributed by atoms with Crippen molar-refractivity contribution in [3.63, 3.8) is 0 Å². The van der Waals surface area contributed by atoms with Gasteiger partial charge in [0.1, 0.15) is 5.75 Å². The molecule has 1 fully saturated rings. The van der Waals surface area contributed by atoms with Crippen LogP contribution >= 0.6 is 0 Å². The molecular weight excluding hydrogens is 188 g/mol. The van der Waals surface area contributed by atoms with Crippen LogP contribution in [0.3, 0.4) is 0 Å². The van der Waals surface area contributed by atoms with Gasteiger partial charge in [-0.3, -0.25) is 0 Å². The van der Waals surface area contributed by atoms with Crippen LogP contribution in [0.15, 0.2) is 24.3 Å². The number of hydrogen-bond donors (Lipinski definition) is 1. The first kappa shape index (κ1) is 10.0. The average Bonchev–Trinajstić information content (AvgIpc) is 2.24. The van der Waals surface area contributed by atoms with Gasteiger partial charge in [0.2, 0.25) is 0 Å². The van der Waals surface area contributed by atoms with Crippen molar-refractivity contribution in [1.29, 1.82) is 5.26 Å². The SMILES string of the molecule is CC1(COc2ccc(C#N)cc2)CNC1. The Bertz CT molecular complexity index is 374. The average molecular weight is 202 g/mol. The van der Waals surface area contributed by atoms with E-state index in [1.165, 1.54) is 0 Å². The van der Waals surface area contributed by atoms with E-state index in [4.69, 9.17) is 10.00 Å². The van der Waals surface area contributed by atoms with E-state index in [9.17, 15) is 0 Å². The normalized spacial score (nSPS) is 17.6. The molecule has 0 amide bonds. The van der Waals surface area contributed by atoms with Crippen molar-refractivity contribution in [1.82, 2.24) is 5.32 Å². The molecule has 15 heavy (non-hydrogen) atoms. The van der Waals surface area contributed by atoms with Crippen LogP contribution in [0, 0.1) is 16.7 Å². The molecule has 0 spiro atoms. The summed E-state index contributed by atoms with van der Waals surface area (Å²) < 4.78 is 5.66. The van der Waals surface area contributed by atoms with Gasteiger partial charge >= 0.3 is 0 Å². The van der Waals surface area contributed by atoms with Gasteiger partial charge in [-0.15, -0.1) is 0 Å². The molecule has 1 aliphatic rings. The van der Waals surface area contributed by atoms with Gasteiger partial charge in [-0.25, -0.2) is 0 Å². The summed E-state index contributed by atoms with van der Waals surface area (Å²) in [5.41, 5.74) is 0.937. The van der Waals surface area contributed by atoms with Crippen molar-refractivity contribution in [3.05, 3.63) is 29.8 Å². The summed E-state index contributed by atoms with van der Waals surface area (Å²) in [5.74, 6) is 0.835. The first-order valence-corrected chi connectivity index (χ1v) is 5.06. The van der Waals surface area contributed by atoms with Gasteiger partial charge in [0, 0.05) is 18.5 Å². The molecule has 0 bridgehead atoms. The molecule has 1 aromatic rings. The van der Waals surface area contributed by atoms with Crippen LogP contribution in [0.2, 0.25) is 0 Å². The fourth-order valence-corrected chi connectivity index (χ4v) is 1.54. The zero-order valence-corrected chi connectivity index (χ0v) is 8.79. The molecule has 0 radical (unpaired) electrons. The van der Waals surface area contributed by atoms with Crippen LogP contribution in [0.5, 0.6) is 5.75 Å². The summed E-state index contributed by atoms with van der Waals surface area (Å²) in [6.07, 6.45) is 0. The number of rotatable bonds is 3. The molecular formula is C12H14N2O. The number of ether oxygens (including phenoxy) is 1. The highest BCUT2D eigenvalue weighted by atomic mass is 16.5. The van der Waals surface area contributed by atoms with E-state index < -0.39 is 0 Å². The molecule has 1 aromatic carbocycles. The van der Waals surface area contributed by atoms with Crippen molar-refractivity contribution < 1.29 is 4.74 Å². The third kappa shape index (κ3) is 2.28. The van der Waals surface area contributed by atoms with Crippen molar-refractivity contribution in [2.24, 2.45) is 5.41 Å². The topological polar surface area (TPSA) is 45.0 Å². The second kappa shape index (κ2) is 3.92. The Kier molecular flexibility index (Phi) is 2.61. The summed E-state index contributed by atoms with van der Waals surface area (Å²) >= 11 is 0. The number of benzene rings is 1. The molecule has 0 aliphatic carbocycles. The zero-order chi connectivity index (χ0) is 10.7. The molecule has 2 rings (SSSR count). The van der Waals surface area contributed by atoms with E-state index in [-0.39, 0.29) is 5.41 Å². The predicted molar refractivity (Wildman–Crippen MR) is 57.6 cm³/mol. The Balaban J connectivity index is 1.91. The Morgan fingerprint density at radius 1 is 1.40 bits per heavy atom. The Hall–Kier alpha value is -1.53. The van der Waals surface area contributed by atoms with Gasteiger partial charge in [0.25, 0.3) is 0 Å². The fourth-order valence-electron chi connectivity index (χ4n) is 1.54. The van der Waals surface area contributed by atoms with Crippen molar-refractivity contribution in [2.45, 2.75) is 6.92 Å². The van der Waals surface area contributed by atoms with Gasteiger partial charge in [0.15, 0.2) is 0 Å². The molecule has 0 saturated carbocycles. The van der Waals surface area contributed by atoms with Crippen LogP contribution < -0.4 is 10.1 Å². The van der Waals surface area contributed by atoms with E-state index >= 15 is 0 Å². The molecule has 1 aliphatic heterocycles. The number of nitrogens with one attached hydrogen (secondary N) is 1. The number of nitrogens with zero attached hydrogens (tertiary/aromatic N) is 1. The standard InChI is InChI=1S/C12H14N2O/c1-12(7-14-8-12)9-15-11-4-2-10(6-13)3-5-11/h2-5,14H,7-9H2,1H3. The van der Waals surface area contributed by atoms with Gasteiger partial charge in [-0.2, -0.15) is 5.26 Å². The lowest BCUT2D eigenvalue weighted by Crippen LogP contribution is -2.54. The first-order valence-electron chi connectivity index (χ1n) is 5.06. The quantitative estimate of drug-likeness (QED) is 0.808. The largest absolute Gasteiger partial charge is 0.493 e. The number of hydrogen-bond acceptors (Lipinski definition) is 3. The van der Waals surface area contributed by atoms with E-state index in [0.29, 0.717) is 5.56 Å². The predicted octanol–water partition coefficient (Wildman–Crippen LogP) is 1.55. The molecule has 3 nitrogen and oxygen atoms in total. The molecule has 1 heterocycles. The third-order valence-corrected chi connectivity index (χ3v) is 2.67. The van der Waals surface area contributed by atoms with Crippen LogP contribution in [-0.4, -0.2) is 19.7 Å². The maximum Gasteiger partial charge on any atom is 0.119 e. The maximum absolute atomic E-state index is 8.64. The Morgan fingerprint density at radius 2 is 2.07 bits per heavy atom. The summed E-state index contributed by atoms with van der Waals surface area (Å²) in [6, 6.07) is 9.31. The zero-order valence-electron chi connectivity index (χ0n) is 8.79. The van der Waals surface area contributed by atoms with Crippen LogP contribution in [0.4, 0.5) is 0 Å². The lowest BCUT2D eigenvalue weighted by molar-refractivity contribution is 0.102. The van der Waals surface area contributed by atoms with E-state index in [2.05, 4.69) is 18.3 Å². The van der Waals surface area contributed by atoms with Crippen molar-refractivity contribution in [2.75, 3.05) is 19.7 Å². The smallest absolute Gasteiger partial charge is 0.119 e. The summed E-state index contributed by atoms with van der Waals surface area (Å²) in [4.78, 5) is 0. The molecule has 0 atom stereocenters. The second-order valence-electron chi connectivity index (χ2n) is 4.34. The van der Waals surface area contributed by atoms with E-state index in [1.54, 1.807) is 12.1 Å². The summed E-state index contributed by atoms with van der Waals surface area (Å²) in [7, 11) is 0. The number of nitriles is 1. The van der Waals surface area contributed by atoms with Gasteiger partial charge in [-0.05, 0) is 24.3 Å². The van der Waals surface area contributed by atoms with Crippen molar-refractivity contribution in [3.8, 4) is 11.8 Å². The van der Waals surface area contributed by atoms with Crippen LogP contribution in [0.1, 0.15) is 12.5 Å². The second-order valence-corrected chi connectivity index (χ2v) is 4.34. The minimum absolute atomic E-state index is 0.272. The molecule has 3 heteroatoms. The molecule has 1 N–H and O–H groups in total. The lowest BCUT2D eigenvalue weighted by atomic mass is 9.85. The van der Waals surface area contributed by atoms with Crippen molar-refractivity contribution >= 4 is 0 Å². The third-order valence-electron chi connectivity index (χ3n) is 2.67. The van der Waals surface area contributed by atoms with E-state index in [1.807, 2.05) is 12.1 Å². The summed E-state index contributed by atoms with van der Waals surface area (Å²) in [5, 5.41) is 11.9. The van der Waals surface area contributed by atoms with Gasteiger partial charge in [-0.1, -0.05) is 6.92 Å². The maximum atomic E-state index is 8.64. The molecule has 0 aromatic heterocycles. The highest BCUT2D eigenvalue weighted by Crippen LogP contribution is 2.23. The van der Waals surface area contributed by atoms with Gasteiger partial charge in [0.05, 0.1) is 18.2 Å². The molecule has 0 unspecified atom stereocenters. The Morgan fingerprint density at radius 3 is 2.53 bits per heavy atom. The van der Waals surface area contributed by atoms with E-state index in [0.717, 1.165) is 25.4 Å².